The van der Waals surface area contributed by atoms with Gasteiger partial charge in [0.15, 0.2) is 5.92 Å². The molecule has 0 aliphatic rings. The largest absolute Gasteiger partial charge is 0.465 e. The zero-order valence-corrected chi connectivity index (χ0v) is 24.2. The number of esters is 2. The highest BCUT2D eigenvalue weighted by Crippen LogP contribution is 2.21. The summed E-state index contributed by atoms with van der Waals surface area (Å²) in [6.45, 7) is 5.11. The van der Waals surface area contributed by atoms with Crippen LogP contribution in [0, 0.1) is 5.92 Å². The molecule has 7 heteroatoms. The Morgan fingerprint density at radius 2 is 1.12 bits per heavy atom. The van der Waals surface area contributed by atoms with Crippen LogP contribution in [0.4, 0.5) is 5.69 Å². The van der Waals surface area contributed by atoms with Crippen molar-refractivity contribution >= 4 is 23.5 Å². The molecule has 3 rings (SSSR count). The van der Waals surface area contributed by atoms with E-state index in [1.807, 2.05) is 66.7 Å². The molecular formula is C34H42N2O5. The lowest BCUT2D eigenvalue weighted by Crippen LogP contribution is -2.43. The minimum Gasteiger partial charge on any atom is -0.465 e. The Hall–Kier alpha value is -3.97. The number of nitrogens with zero attached hydrogens (tertiary/aromatic N) is 1. The number of rotatable bonds is 17. The Bertz CT molecular complexity index is 1130. The fourth-order valence-corrected chi connectivity index (χ4v) is 4.82. The van der Waals surface area contributed by atoms with Crippen LogP contribution in [0.1, 0.15) is 57.1 Å². The maximum absolute atomic E-state index is 13.8. The van der Waals surface area contributed by atoms with Crippen molar-refractivity contribution in [1.29, 1.82) is 0 Å². The zero-order chi connectivity index (χ0) is 29.3. The average molecular weight is 559 g/mol. The molecule has 0 heterocycles. The minimum absolute atomic E-state index is 0.0565. The van der Waals surface area contributed by atoms with Crippen LogP contribution in [0.15, 0.2) is 91.0 Å². The molecule has 3 aromatic carbocycles. The third-order valence-electron chi connectivity index (χ3n) is 6.85. The zero-order valence-electron chi connectivity index (χ0n) is 24.2. The number of carbonyl (C=O) groups is 3. The van der Waals surface area contributed by atoms with Gasteiger partial charge in [-0.3, -0.25) is 19.3 Å². The molecule has 0 aromatic heterocycles. The summed E-state index contributed by atoms with van der Waals surface area (Å²) in [6, 6.07) is 29.5. The van der Waals surface area contributed by atoms with E-state index >= 15 is 0 Å². The van der Waals surface area contributed by atoms with E-state index in [0.29, 0.717) is 32.4 Å². The molecule has 0 saturated carbocycles. The standard InChI is InChI=1S/C34H42N2O5/c1-3-40-33(38)30(34(39)41-4-2)23-15-8-16-24-31(32(37)35-29-21-13-7-14-22-29)36(25-27-17-9-5-10-18-27)26-28-19-11-6-12-20-28/h5-7,9-14,17-22,30-31H,3-4,8,15-16,23-26H2,1-2H3,(H,35,37)/t31-/m0/s1. The molecule has 0 unspecified atom stereocenters. The predicted molar refractivity (Wildman–Crippen MR) is 161 cm³/mol. The Balaban J connectivity index is 1.74. The third-order valence-corrected chi connectivity index (χ3v) is 6.85. The second kappa shape index (κ2) is 17.7. The van der Waals surface area contributed by atoms with Gasteiger partial charge in [0.1, 0.15) is 0 Å². The van der Waals surface area contributed by atoms with Crippen molar-refractivity contribution in [1.82, 2.24) is 4.90 Å². The molecule has 7 nitrogen and oxygen atoms in total. The van der Waals surface area contributed by atoms with E-state index in [4.69, 9.17) is 9.47 Å². The highest BCUT2D eigenvalue weighted by atomic mass is 16.6. The first-order valence-corrected chi connectivity index (χ1v) is 14.5. The van der Waals surface area contributed by atoms with Crippen LogP contribution in [0.5, 0.6) is 0 Å². The lowest BCUT2D eigenvalue weighted by atomic mass is 9.98. The maximum Gasteiger partial charge on any atom is 0.320 e. The SMILES string of the molecule is CCOC(=O)C(CCCCC[C@@H](C(=O)Nc1ccccc1)N(Cc1ccccc1)Cc1ccccc1)C(=O)OCC. The van der Waals surface area contributed by atoms with Gasteiger partial charge < -0.3 is 14.8 Å². The molecule has 0 aliphatic heterocycles. The monoisotopic (exact) mass is 558 g/mol. The summed E-state index contributed by atoms with van der Waals surface area (Å²) < 4.78 is 10.2. The lowest BCUT2D eigenvalue weighted by Gasteiger charge is -2.31. The second-order valence-electron chi connectivity index (χ2n) is 9.94. The smallest absolute Gasteiger partial charge is 0.320 e. The predicted octanol–water partition coefficient (Wildman–Crippen LogP) is 6.39. The lowest BCUT2D eigenvalue weighted by molar-refractivity contribution is -0.162. The number of carbonyl (C=O) groups excluding carboxylic acids is 3. The molecule has 218 valence electrons. The van der Waals surface area contributed by atoms with E-state index in [0.717, 1.165) is 29.7 Å². The van der Waals surface area contributed by atoms with Crippen LogP contribution >= 0.6 is 0 Å². The number of benzene rings is 3. The first kappa shape index (κ1) is 31.6. The van der Waals surface area contributed by atoms with Gasteiger partial charge >= 0.3 is 11.9 Å². The molecule has 1 atom stereocenters. The summed E-state index contributed by atoms with van der Waals surface area (Å²) in [5.41, 5.74) is 3.02. The van der Waals surface area contributed by atoms with Crippen molar-refractivity contribution < 1.29 is 23.9 Å². The molecule has 0 radical (unpaired) electrons. The van der Waals surface area contributed by atoms with E-state index in [-0.39, 0.29) is 25.2 Å². The van der Waals surface area contributed by atoms with Crippen molar-refractivity contribution in [3.63, 3.8) is 0 Å². The van der Waals surface area contributed by atoms with E-state index in [1.165, 1.54) is 0 Å². The normalized spacial score (nSPS) is 11.7. The number of nitrogens with one attached hydrogen (secondary N) is 1. The fraction of sp³-hybridized carbons (Fsp3) is 0.382. The van der Waals surface area contributed by atoms with Gasteiger partial charge in [-0.1, -0.05) is 98.1 Å². The summed E-state index contributed by atoms with van der Waals surface area (Å²) in [6.07, 6.45) is 3.14. The molecule has 1 N–H and O–H groups in total. The summed E-state index contributed by atoms with van der Waals surface area (Å²) in [5, 5.41) is 3.11. The van der Waals surface area contributed by atoms with Gasteiger partial charge in [-0.15, -0.1) is 0 Å². The molecule has 0 saturated heterocycles. The Kier molecular flexibility index (Phi) is 13.6. The Labute approximate surface area is 243 Å². The molecule has 41 heavy (non-hydrogen) atoms. The number of hydrogen-bond acceptors (Lipinski definition) is 6. The van der Waals surface area contributed by atoms with Crippen LogP contribution in [0.2, 0.25) is 0 Å². The van der Waals surface area contributed by atoms with Crippen LogP contribution in [0.25, 0.3) is 0 Å². The van der Waals surface area contributed by atoms with Crippen LogP contribution in [-0.2, 0) is 36.9 Å². The van der Waals surface area contributed by atoms with E-state index < -0.39 is 17.9 Å². The number of amides is 1. The number of unbranched alkanes of at least 4 members (excludes halogenated alkanes) is 2. The first-order valence-electron chi connectivity index (χ1n) is 14.5. The number of hydrogen-bond donors (Lipinski definition) is 1. The minimum atomic E-state index is -0.917. The number of ether oxygens (including phenoxy) is 2. The third kappa shape index (κ3) is 10.8. The van der Waals surface area contributed by atoms with Crippen molar-refractivity contribution in [2.75, 3.05) is 18.5 Å². The van der Waals surface area contributed by atoms with Crippen LogP contribution in [0.3, 0.4) is 0 Å². The van der Waals surface area contributed by atoms with Crippen LogP contribution < -0.4 is 5.32 Å². The number of anilines is 1. The molecule has 0 aliphatic carbocycles. The summed E-state index contributed by atoms with van der Waals surface area (Å²) in [5.74, 6) is -2.05. The Morgan fingerprint density at radius 3 is 1.61 bits per heavy atom. The highest BCUT2D eigenvalue weighted by molar-refractivity contribution is 5.95. The van der Waals surface area contributed by atoms with Gasteiger partial charge in [0.25, 0.3) is 0 Å². The molecule has 0 bridgehead atoms. The molecule has 1 amide bonds. The molecular weight excluding hydrogens is 516 g/mol. The number of para-hydroxylation sites is 1. The summed E-state index contributed by atoms with van der Waals surface area (Å²) in [4.78, 5) is 40.7. The summed E-state index contributed by atoms with van der Waals surface area (Å²) in [7, 11) is 0. The average Bonchev–Trinajstić information content (AvgIpc) is 2.98. The first-order chi connectivity index (χ1) is 20.0. The van der Waals surface area contributed by atoms with E-state index in [1.54, 1.807) is 13.8 Å². The quantitative estimate of drug-likeness (QED) is 0.117. The van der Waals surface area contributed by atoms with Crippen molar-refractivity contribution in [3.8, 4) is 0 Å². The van der Waals surface area contributed by atoms with Gasteiger partial charge in [-0.25, -0.2) is 0 Å². The van der Waals surface area contributed by atoms with Gasteiger partial charge in [0.2, 0.25) is 5.91 Å². The van der Waals surface area contributed by atoms with Crippen molar-refractivity contribution in [2.45, 2.75) is 65.1 Å². The van der Waals surface area contributed by atoms with Crippen molar-refractivity contribution in [2.24, 2.45) is 5.92 Å². The van der Waals surface area contributed by atoms with Gasteiger partial charge in [0.05, 0.1) is 19.3 Å². The van der Waals surface area contributed by atoms with E-state index in [9.17, 15) is 14.4 Å². The van der Waals surface area contributed by atoms with Gasteiger partial charge in [-0.05, 0) is 49.9 Å². The highest BCUT2D eigenvalue weighted by Gasteiger charge is 2.30. The van der Waals surface area contributed by atoms with Crippen LogP contribution in [-0.4, -0.2) is 42.0 Å². The van der Waals surface area contributed by atoms with Gasteiger partial charge in [0, 0.05) is 18.8 Å². The van der Waals surface area contributed by atoms with Gasteiger partial charge in [-0.2, -0.15) is 0 Å². The summed E-state index contributed by atoms with van der Waals surface area (Å²) >= 11 is 0. The second-order valence-corrected chi connectivity index (χ2v) is 9.94. The molecule has 0 spiro atoms. The topological polar surface area (TPSA) is 84.9 Å². The van der Waals surface area contributed by atoms with Crippen molar-refractivity contribution in [3.05, 3.63) is 102 Å². The van der Waals surface area contributed by atoms with E-state index in [2.05, 4.69) is 34.5 Å². The Morgan fingerprint density at radius 1 is 0.659 bits per heavy atom. The fourth-order valence-electron chi connectivity index (χ4n) is 4.82. The maximum atomic E-state index is 13.8. The molecule has 3 aromatic rings. The molecule has 0 fully saturated rings.